The number of aryl methyl sites for hydroxylation is 1. The van der Waals surface area contributed by atoms with E-state index in [4.69, 9.17) is 0 Å². The third-order valence-electron chi connectivity index (χ3n) is 1.90. The highest BCUT2D eigenvalue weighted by atomic mass is 16.2. The van der Waals surface area contributed by atoms with E-state index in [1.807, 2.05) is 13.8 Å². The molecule has 1 aromatic heterocycles. The summed E-state index contributed by atoms with van der Waals surface area (Å²) in [5.74, 6) is 0.176. The second-order valence-corrected chi connectivity index (χ2v) is 3.05. The number of amides is 1. The van der Waals surface area contributed by atoms with Gasteiger partial charge in [0.2, 0.25) is 5.82 Å². The van der Waals surface area contributed by atoms with Crippen molar-refractivity contribution in [2.24, 2.45) is 7.05 Å². The number of nitrogens with one attached hydrogen (secondary N) is 1. The molecule has 1 atom stereocenters. The molecule has 0 spiro atoms. The molecular formula is C8H14N4O. The Morgan fingerprint density at radius 2 is 2.46 bits per heavy atom. The summed E-state index contributed by atoms with van der Waals surface area (Å²) >= 11 is 0. The minimum absolute atomic E-state index is 0.171. The van der Waals surface area contributed by atoms with Crippen molar-refractivity contribution in [2.75, 3.05) is 0 Å². The van der Waals surface area contributed by atoms with E-state index in [2.05, 4.69) is 15.5 Å². The van der Waals surface area contributed by atoms with Gasteiger partial charge in [-0.15, -0.1) is 10.2 Å². The number of carbonyl (C=O) groups excluding carboxylic acids is 1. The smallest absolute Gasteiger partial charge is 0.289 e. The molecule has 0 saturated carbocycles. The van der Waals surface area contributed by atoms with Crippen molar-refractivity contribution >= 4 is 5.91 Å². The second-order valence-electron chi connectivity index (χ2n) is 3.05. The van der Waals surface area contributed by atoms with Gasteiger partial charge in [-0.2, -0.15) is 0 Å². The largest absolute Gasteiger partial charge is 0.347 e. The van der Waals surface area contributed by atoms with E-state index in [9.17, 15) is 4.79 Å². The monoisotopic (exact) mass is 182 g/mol. The predicted octanol–water partition coefficient (Wildman–Crippen LogP) is 0.343. The molecule has 72 valence electrons. The fraction of sp³-hybridized carbons (Fsp3) is 0.625. The number of hydrogen-bond donors (Lipinski definition) is 1. The predicted molar refractivity (Wildman–Crippen MR) is 48.2 cm³/mol. The quantitative estimate of drug-likeness (QED) is 0.733. The first-order valence-corrected chi connectivity index (χ1v) is 4.30. The third-order valence-corrected chi connectivity index (χ3v) is 1.90. The Hall–Kier alpha value is -1.39. The molecule has 1 rings (SSSR count). The van der Waals surface area contributed by atoms with Gasteiger partial charge in [-0.05, 0) is 13.3 Å². The first kappa shape index (κ1) is 9.70. The van der Waals surface area contributed by atoms with Crippen LogP contribution in [0.15, 0.2) is 6.33 Å². The van der Waals surface area contributed by atoms with E-state index in [1.54, 1.807) is 11.6 Å². The molecule has 0 saturated heterocycles. The molecule has 1 aromatic rings. The third kappa shape index (κ3) is 2.27. The van der Waals surface area contributed by atoms with Crippen molar-refractivity contribution in [1.29, 1.82) is 0 Å². The zero-order chi connectivity index (χ0) is 9.84. The molecule has 13 heavy (non-hydrogen) atoms. The maximum Gasteiger partial charge on any atom is 0.289 e. The first-order valence-electron chi connectivity index (χ1n) is 4.30. The molecule has 0 bridgehead atoms. The molecule has 1 heterocycles. The summed E-state index contributed by atoms with van der Waals surface area (Å²) in [6.45, 7) is 3.97. The van der Waals surface area contributed by atoms with Crippen LogP contribution in [-0.4, -0.2) is 26.7 Å². The molecule has 5 heteroatoms. The lowest BCUT2D eigenvalue weighted by Gasteiger charge is -2.09. The molecule has 0 aromatic carbocycles. The Kier molecular flexibility index (Phi) is 3.00. The van der Waals surface area contributed by atoms with Crippen molar-refractivity contribution in [3.05, 3.63) is 12.2 Å². The standard InChI is InChI=1S/C8H14N4O/c1-4-6(2)10-8(13)7-11-9-5-12(7)3/h5-6H,4H2,1-3H3,(H,10,13). The Morgan fingerprint density at radius 1 is 1.77 bits per heavy atom. The normalized spacial score (nSPS) is 12.5. The van der Waals surface area contributed by atoms with Gasteiger partial charge in [0.25, 0.3) is 5.91 Å². The summed E-state index contributed by atoms with van der Waals surface area (Å²) in [7, 11) is 1.74. The fourth-order valence-corrected chi connectivity index (χ4v) is 0.879. The summed E-state index contributed by atoms with van der Waals surface area (Å²) < 4.78 is 1.59. The van der Waals surface area contributed by atoms with E-state index < -0.39 is 0 Å². The van der Waals surface area contributed by atoms with Gasteiger partial charge in [0.15, 0.2) is 0 Å². The number of rotatable bonds is 3. The van der Waals surface area contributed by atoms with Crippen LogP contribution in [0.25, 0.3) is 0 Å². The van der Waals surface area contributed by atoms with Crippen molar-refractivity contribution in [3.8, 4) is 0 Å². The molecule has 0 aliphatic carbocycles. The summed E-state index contributed by atoms with van der Waals surface area (Å²) in [6.07, 6.45) is 2.41. The SMILES string of the molecule is CCC(C)NC(=O)c1nncn1C. The van der Waals surface area contributed by atoms with Gasteiger partial charge in [0.1, 0.15) is 6.33 Å². The highest BCUT2D eigenvalue weighted by Crippen LogP contribution is 1.94. The maximum atomic E-state index is 11.5. The van der Waals surface area contributed by atoms with Crippen molar-refractivity contribution in [1.82, 2.24) is 20.1 Å². The number of nitrogens with zero attached hydrogens (tertiary/aromatic N) is 3. The zero-order valence-corrected chi connectivity index (χ0v) is 8.11. The van der Waals surface area contributed by atoms with E-state index in [1.165, 1.54) is 6.33 Å². The summed E-state index contributed by atoms with van der Waals surface area (Å²) in [5, 5.41) is 10.1. The molecule has 1 unspecified atom stereocenters. The molecule has 1 amide bonds. The van der Waals surface area contributed by atoms with Crippen molar-refractivity contribution in [2.45, 2.75) is 26.3 Å². The van der Waals surface area contributed by atoms with Crippen LogP contribution in [0, 0.1) is 0 Å². The van der Waals surface area contributed by atoms with Crippen LogP contribution in [0.3, 0.4) is 0 Å². The number of carbonyl (C=O) groups is 1. The van der Waals surface area contributed by atoms with Crippen LogP contribution in [0.2, 0.25) is 0 Å². The van der Waals surface area contributed by atoms with Crippen LogP contribution in [-0.2, 0) is 7.05 Å². The Balaban J connectivity index is 2.64. The highest BCUT2D eigenvalue weighted by Gasteiger charge is 2.12. The topological polar surface area (TPSA) is 59.8 Å². The second kappa shape index (κ2) is 4.02. The van der Waals surface area contributed by atoms with Gasteiger partial charge in [0.05, 0.1) is 0 Å². The lowest BCUT2D eigenvalue weighted by molar-refractivity contribution is 0.0925. The molecular weight excluding hydrogens is 168 g/mol. The van der Waals surface area contributed by atoms with Gasteiger partial charge < -0.3 is 9.88 Å². The van der Waals surface area contributed by atoms with E-state index in [0.29, 0.717) is 5.82 Å². The number of hydrogen-bond acceptors (Lipinski definition) is 3. The van der Waals surface area contributed by atoms with Crippen LogP contribution >= 0.6 is 0 Å². The van der Waals surface area contributed by atoms with Crippen LogP contribution in [0.1, 0.15) is 30.9 Å². The highest BCUT2D eigenvalue weighted by molar-refractivity contribution is 5.90. The van der Waals surface area contributed by atoms with Gasteiger partial charge in [-0.1, -0.05) is 6.92 Å². The Bertz CT molecular complexity index is 294. The van der Waals surface area contributed by atoms with Gasteiger partial charge in [0, 0.05) is 13.1 Å². The molecule has 5 nitrogen and oxygen atoms in total. The van der Waals surface area contributed by atoms with Crippen LogP contribution in [0.4, 0.5) is 0 Å². The summed E-state index contributed by atoms with van der Waals surface area (Å²) in [6, 6.07) is 0.171. The zero-order valence-electron chi connectivity index (χ0n) is 8.11. The van der Waals surface area contributed by atoms with Gasteiger partial charge in [-0.25, -0.2) is 0 Å². The van der Waals surface area contributed by atoms with E-state index in [-0.39, 0.29) is 11.9 Å². The summed E-state index contributed by atoms with van der Waals surface area (Å²) in [4.78, 5) is 11.5. The van der Waals surface area contributed by atoms with Crippen molar-refractivity contribution < 1.29 is 4.79 Å². The maximum absolute atomic E-state index is 11.5. The van der Waals surface area contributed by atoms with Crippen molar-refractivity contribution in [3.63, 3.8) is 0 Å². The summed E-state index contributed by atoms with van der Waals surface area (Å²) in [5.41, 5.74) is 0. The van der Waals surface area contributed by atoms with E-state index >= 15 is 0 Å². The Morgan fingerprint density at radius 3 is 2.92 bits per heavy atom. The minimum atomic E-state index is -0.172. The Labute approximate surface area is 77.2 Å². The fourth-order valence-electron chi connectivity index (χ4n) is 0.879. The average Bonchev–Trinajstić information content (AvgIpc) is 2.51. The lowest BCUT2D eigenvalue weighted by Crippen LogP contribution is -2.33. The average molecular weight is 182 g/mol. The van der Waals surface area contributed by atoms with Gasteiger partial charge >= 0.3 is 0 Å². The molecule has 0 radical (unpaired) electrons. The lowest BCUT2D eigenvalue weighted by atomic mass is 10.2. The van der Waals surface area contributed by atoms with E-state index in [0.717, 1.165) is 6.42 Å². The number of aromatic nitrogens is 3. The van der Waals surface area contributed by atoms with Crippen LogP contribution < -0.4 is 5.32 Å². The first-order chi connectivity index (χ1) is 6.15. The molecule has 0 aliphatic rings. The molecule has 0 aliphatic heterocycles. The van der Waals surface area contributed by atoms with Crippen LogP contribution in [0.5, 0.6) is 0 Å². The van der Waals surface area contributed by atoms with Gasteiger partial charge in [-0.3, -0.25) is 4.79 Å². The minimum Gasteiger partial charge on any atom is -0.347 e. The molecule has 0 fully saturated rings. The molecule has 1 N–H and O–H groups in total.